The van der Waals surface area contributed by atoms with Gasteiger partial charge >= 0.3 is 6.03 Å². The normalized spacial score (nSPS) is 12.0. The van der Waals surface area contributed by atoms with E-state index >= 15 is 0 Å². The van der Waals surface area contributed by atoms with Gasteiger partial charge in [0.25, 0.3) is 0 Å². The summed E-state index contributed by atoms with van der Waals surface area (Å²) in [6.45, 7) is 4.98. The first kappa shape index (κ1) is 15.5. The van der Waals surface area contributed by atoms with Gasteiger partial charge in [-0.2, -0.15) is 0 Å². The number of nitrogens with one attached hydrogen (secondary N) is 1. The second kappa shape index (κ2) is 7.79. The van der Waals surface area contributed by atoms with Crippen LogP contribution in [0.5, 0.6) is 0 Å². The first-order chi connectivity index (χ1) is 8.99. The zero-order valence-corrected chi connectivity index (χ0v) is 12.0. The van der Waals surface area contributed by atoms with Gasteiger partial charge in [0.1, 0.15) is 0 Å². The van der Waals surface area contributed by atoms with E-state index in [0.29, 0.717) is 19.5 Å². The zero-order chi connectivity index (χ0) is 14.3. The van der Waals surface area contributed by atoms with Crippen molar-refractivity contribution in [1.29, 1.82) is 0 Å². The highest BCUT2D eigenvalue weighted by molar-refractivity contribution is 5.73. The molecule has 1 unspecified atom stereocenters. The van der Waals surface area contributed by atoms with Crippen LogP contribution in [-0.4, -0.2) is 42.3 Å². The lowest BCUT2D eigenvalue weighted by atomic mass is 10.1. The summed E-state index contributed by atoms with van der Waals surface area (Å²) in [5.41, 5.74) is 2.46. The smallest absolute Gasteiger partial charge is 0.317 e. The van der Waals surface area contributed by atoms with Gasteiger partial charge in [-0.3, -0.25) is 0 Å². The minimum atomic E-state index is -0.373. The molecule has 0 aliphatic carbocycles. The van der Waals surface area contributed by atoms with E-state index in [0.717, 1.165) is 6.42 Å². The number of aliphatic hydroxyl groups excluding tert-OH is 1. The largest absolute Gasteiger partial charge is 0.393 e. The van der Waals surface area contributed by atoms with Crippen LogP contribution in [0.2, 0.25) is 0 Å². The molecule has 0 saturated heterocycles. The number of carbonyl (C=O) groups is 1. The van der Waals surface area contributed by atoms with Crippen molar-refractivity contribution in [2.45, 2.75) is 32.8 Å². The number of hydrogen-bond donors (Lipinski definition) is 2. The van der Waals surface area contributed by atoms with Crippen molar-refractivity contribution in [3.8, 4) is 0 Å². The maximum absolute atomic E-state index is 11.7. The van der Waals surface area contributed by atoms with E-state index in [-0.39, 0.29) is 12.1 Å². The molecule has 0 aliphatic rings. The summed E-state index contributed by atoms with van der Waals surface area (Å²) in [5, 5.41) is 12.1. The summed E-state index contributed by atoms with van der Waals surface area (Å²) in [6.07, 6.45) is 1.06. The van der Waals surface area contributed by atoms with Crippen molar-refractivity contribution in [2.24, 2.45) is 0 Å². The van der Waals surface area contributed by atoms with Crippen molar-refractivity contribution in [2.75, 3.05) is 20.1 Å². The van der Waals surface area contributed by atoms with Gasteiger partial charge in [-0.15, -0.1) is 0 Å². The molecule has 2 amide bonds. The predicted molar refractivity (Wildman–Crippen MR) is 77.2 cm³/mol. The minimum Gasteiger partial charge on any atom is -0.393 e. The van der Waals surface area contributed by atoms with Crippen molar-refractivity contribution in [1.82, 2.24) is 10.2 Å². The Morgan fingerprint density at radius 3 is 2.84 bits per heavy atom. The number of nitrogens with zero attached hydrogens (tertiary/aromatic N) is 1. The van der Waals surface area contributed by atoms with Crippen molar-refractivity contribution in [3.05, 3.63) is 35.4 Å². The lowest BCUT2D eigenvalue weighted by molar-refractivity contribution is 0.163. The fourth-order valence-electron chi connectivity index (χ4n) is 1.80. The molecule has 19 heavy (non-hydrogen) atoms. The maximum Gasteiger partial charge on any atom is 0.317 e. The third kappa shape index (κ3) is 6.25. The Balaban J connectivity index is 2.26. The molecule has 4 nitrogen and oxygen atoms in total. The summed E-state index contributed by atoms with van der Waals surface area (Å²) >= 11 is 0. The molecule has 1 rings (SSSR count). The van der Waals surface area contributed by atoms with Crippen LogP contribution < -0.4 is 5.32 Å². The summed E-state index contributed by atoms with van der Waals surface area (Å²) in [4.78, 5) is 13.3. The van der Waals surface area contributed by atoms with E-state index in [1.54, 1.807) is 18.9 Å². The Labute approximate surface area is 115 Å². The molecule has 0 bridgehead atoms. The van der Waals surface area contributed by atoms with Crippen molar-refractivity contribution in [3.63, 3.8) is 0 Å². The third-order valence-electron chi connectivity index (χ3n) is 3.00. The summed E-state index contributed by atoms with van der Waals surface area (Å²) in [7, 11) is 1.74. The minimum absolute atomic E-state index is 0.0895. The molecule has 1 atom stereocenters. The molecular weight excluding hydrogens is 240 g/mol. The second-order valence-corrected chi connectivity index (χ2v) is 5.03. The van der Waals surface area contributed by atoms with Gasteiger partial charge in [0.05, 0.1) is 6.10 Å². The molecule has 0 radical (unpaired) electrons. The zero-order valence-electron chi connectivity index (χ0n) is 12.0. The van der Waals surface area contributed by atoms with Gasteiger partial charge in [-0.1, -0.05) is 29.8 Å². The van der Waals surface area contributed by atoms with Crippen molar-refractivity contribution < 1.29 is 9.90 Å². The van der Waals surface area contributed by atoms with Crippen LogP contribution >= 0.6 is 0 Å². The molecule has 4 heteroatoms. The van der Waals surface area contributed by atoms with E-state index in [1.165, 1.54) is 11.1 Å². The molecule has 0 spiro atoms. The Hall–Kier alpha value is -1.55. The molecule has 0 aliphatic heterocycles. The van der Waals surface area contributed by atoms with E-state index < -0.39 is 0 Å². The third-order valence-corrected chi connectivity index (χ3v) is 3.00. The van der Waals surface area contributed by atoms with Crippen LogP contribution in [-0.2, 0) is 6.42 Å². The topological polar surface area (TPSA) is 52.6 Å². The summed E-state index contributed by atoms with van der Waals surface area (Å²) in [5.74, 6) is 0. The fourth-order valence-corrected chi connectivity index (χ4v) is 1.80. The lowest BCUT2D eigenvalue weighted by Crippen LogP contribution is -2.39. The molecular formula is C15H24N2O2. The SMILES string of the molecule is Cc1cccc(CCNC(=O)N(C)CCC(C)O)c1. The number of benzene rings is 1. The molecule has 1 aromatic carbocycles. The van der Waals surface area contributed by atoms with Gasteiger partial charge in [-0.05, 0) is 32.3 Å². The average molecular weight is 264 g/mol. The average Bonchev–Trinajstić information content (AvgIpc) is 2.35. The quantitative estimate of drug-likeness (QED) is 0.825. The molecule has 0 heterocycles. The highest BCUT2D eigenvalue weighted by Gasteiger charge is 2.08. The first-order valence-corrected chi connectivity index (χ1v) is 6.71. The number of rotatable bonds is 6. The van der Waals surface area contributed by atoms with Crippen molar-refractivity contribution >= 4 is 6.03 Å². The lowest BCUT2D eigenvalue weighted by Gasteiger charge is -2.18. The van der Waals surface area contributed by atoms with Crippen LogP contribution in [0.4, 0.5) is 4.79 Å². The van der Waals surface area contributed by atoms with Gasteiger partial charge in [0, 0.05) is 20.1 Å². The maximum atomic E-state index is 11.7. The van der Waals surface area contributed by atoms with Gasteiger partial charge in [-0.25, -0.2) is 4.79 Å². The molecule has 0 aromatic heterocycles. The Morgan fingerprint density at radius 2 is 2.21 bits per heavy atom. The molecule has 2 N–H and O–H groups in total. The number of amides is 2. The number of aliphatic hydroxyl groups is 1. The number of carbonyl (C=O) groups excluding carboxylic acids is 1. The summed E-state index contributed by atoms with van der Waals surface area (Å²) in [6, 6.07) is 8.19. The van der Waals surface area contributed by atoms with Crippen LogP contribution in [0.1, 0.15) is 24.5 Å². The predicted octanol–water partition coefficient (Wildman–Crippen LogP) is 1.95. The van der Waals surface area contributed by atoms with E-state index in [9.17, 15) is 9.90 Å². The van der Waals surface area contributed by atoms with Crippen LogP contribution in [0.25, 0.3) is 0 Å². The Bertz CT molecular complexity index is 405. The molecule has 106 valence electrons. The van der Waals surface area contributed by atoms with Gasteiger partial charge in [0.2, 0.25) is 0 Å². The molecule has 1 aromatic rings. The Morgan fingerprint density at radius 1 is 1.47 bits per heavy atom. The highest BCUT2D eigenvalue weighted by Crippen LogP contribution is 2.04. The van der Waals surface area contributed by atoms with E-state index in [1.807, 2.05) is 6.07 Å². The standard InChI is InChI=1S/C15H24N2O2/c1-12-5-4-6-14(11-12)7-9-16-15(19)17(3)10-8-13(2)18/h4-6,11,13,18H,7-10H2,1-3H3,(H,16,19). The Kier molecular flexibility index (Phi) is 6.36. The van der Waals surface area contributed by atoms with Gasteiger partial charge in [0.15, 0.2) is 0 Å². The second-order valence-electron chi connectivity index (χ2n) is 5.03. The number of aryl methyl sites for hydroxylation is 1. The number of urea groups is 1. The van der Waals surface area contributed by atoms with Crippen LogP contribution in [0.3, 0.4) is 0 Å². The number of hydrogen-bond acceptors (Lipinski definition) is 2. The molecule has 0 saturated carbocycles. The first-order valence-electron chi connectivity index (χ1n) is 6.71. The highest BCUT2D eigenvalue weighted by atomic mass is 16.3. The van der Waals surface area contributed by atoms with E-state index in [4.69, 9.17) is 0 Å². The fraction of sp³-hybridized carbons (Fsp3) is 0.533. The molecule has 0 fully saturated rings. The monoisotopic (exact) mass is 264 g/mol. The van der Waals surface area contributed by atoms with Crippen LogP contribution in [0.15, 0.2) is 24.3 Å². The summed E-state index contributed by atoms with van der Waals surface area (Å²) < 4.78 is 0. The van der Waals surface area contributed by atoms with E-state index in [2.05, 4.69) is 30.4 Å². The van der Waals surface area contributed by atoms with Gasteiger partial charge < -0.3 is 15.3 Å². The van der Waals surface area contributed by atoms with Crippen LogP contribution in [0, 0.1) is 6.92 Å².